The van der Waals surface area contributed by atoms with Crippen LogP contribution >= 0.6 is 34.5 Å². The van der Waals surface area contributed by atoms with Crippen LogP contribution in [0.15, 0.2) is 18.2 Å². The van der Waals surface area contributed by atoms with Crippen molar-refractivity contribution in [2.45, 2.75) is 17.7 Å². The van der Waals surface area contributed by atoms with E-state index in [9.17, 15) is 4.79 Å². The molecule has 0 saturated heterocycles. The molecule has 18 heavy (non-hydrogen) atoms. The average Bonchev–Trinajstić information content (AvgIpc) is 2.74. The SMILES string of the molecule is Cc1cccc2sc(NC(=O)[C@H]3CC3(Cl)Cl)nc12. The number of alkyl halides is 2. The van der Waals surface area contributed by atoms with Crippen LogP contribution in [0.4, 0.5) is 5.13 Å². The van der Waals surface area contributed by atoms with Gasteiger partial charge in [0.05, 0.1) is 16.1 Å². The molecule has 3 rings (SSSR count). The average molecular weight is 301 g/mol. The maximum Gasteiger partial charge on any atom is 0.232 e. The highest BCUT2D eigenvalue weighted by atomic mass is 35.5. The molecule has 1 aromatic carbocycles. The van der Waals surface area contributed by atoms with Gasteiger partial charge in [-0.2, -0.15) is 0 Å². The third-order valence-corrected chi connectivity index (χ3v) is 4.76. The lowest BCUT2D eigenvalue weighted by molar-refractivity contribution is -0.117. The van der Waals surface area contributed by atoms with Gasteiger partial charge in [-0.3, -0.25) is 4.79 Å². The van der Waals surface area contributed by atoms with E-state index in [4.69, 9.17) is 23.2 Å². The monoisotopic (exact) mass is 300 g/mol. The summed E-state index contributed by atoms with van der Waals surface area (Å²) in [7, 11) is 0. The van der Waals surface area contributed by atoms with Crippen molar-refractivity contribution < 1.29 is 4.79 Å². The van der Waals surface area contributed by atoms with Gasteiger partial charge in [0.1, 0.15) is 4.33 Å². The second kappa shape index (κ2) is 4.08. The fourth-order valence-corrected chi connectivity index (χ4v) is 3.28. The van der Waals surface area contributed by atoms with Crippen LogP contribution in [0.2, 0.25) is 0 Å². The number of fused-ring (bicyclic) bond motifs is 1. The minimum absolute atomic E-state index is 0.156. The molecule has 1 fully saturated rings. The first-order valence-corrected chi connectivity index (χ1v) is 7.09. The molecule has 0 spiro atoms. The molecule has 1 N–H and O–H groups in total. The van der Waals surface area contributed by atoms with Gasteiger partial charge >= 0.3 is 0 Å². The van der Waals surface area contributed by atoms with Crippen LogP contribution in [0.3, 0.4) is 0 Å². The van der Waals surface area contributed by atoms with Gasteiger partial charge in [0.2, 0.25) is 5.91 Å². The summed E-state index contributed by atoms with van der Waals surface area (Å²) < 4.78 is 0.167. The number of rotatable bonds is 2. The molecule has 1 atom stereocenters. The summed E-state index contributed by atoms with van der Waals surface area (Å²) in [5.41, 5.74) is 2.02. The van der Waals surface area contributed by atoms with Crippen molar-refractivity contribution in [3.8, 4) is 0 Å². The number of amides is 1. The molecule has 3 nitrogen and oxygen atoms in total. The van der Waals surface area contributed by atoms with E-state index in [1.54, 1.807) is 0 Å². The zero-order valence-electron chi connectivity index (χ0n) is 9.54. The first-order chi connectivity index (χ1) is 8.47. The molecule has 1 saturated carbocycles. The Morgan fingerprint density at radius 1 is 1.56 bits per heavy atom. The Labute approximate surface area is 118 Å². The lowest BCUT2D eigenvalue weighted by Crippen LogP contribution is -2.16. The van der Waals surface area contributed by atoms with Gasteiger partial charge in [-0.25, -0.2) is 4.98 Å². The molecular weight excluding hydrogens is 291 g/mol. The lowest BCUT2D eigenvalue weighted by atomic mass is 10.2. The molecule has 1 aliphatic rings. The highest BCUT2D eigenvalue weighted by Gasteiger charge is 2.56. The Morgan fingerprint density at radius 2 is 2.28 bits per heavy atom. The van der Waals surface area contributed by atoms with Gasteiger partial charge in [-0.05, 0) is 25.0 Å². The van der Waals surface area contributed by atoms with Gasteiger partial charge in [0.25, 0.3) is 0 Å². The lowest BCUT2D eigenvalue weighted by Gasteiger charge is -2.00. The molecule has 6 heteroatoms. The first kappa shape index (κ1) is 12.2. The highest BCUT2D eigenvalue weighted by Crippen LogP contribution is 2.53. The van der Waals surface area contributed by atoms with Gasteiger partial charge in [0, 0.05) is 0 Å². The number of benzene rings is 1. The predicted octanol–water partition coefficient (Wildman–Crippen LogP) is 3.74. The number of hydrogen-bond acceptors (Lipinski definition) is 3. The zero-order chi connectivity index (χ0) is 12.9. The number of aryl methyl sites for hydroxylation is 1. The van der Waals surface area contributed by atoms with Crippen molar-refractivity contribution in [2.75, 3.05) is 5.32 Å². The van der Waals surface area contributed by atoms with Gasteiger partial charge in [-0.15, -0.1) is 23.2 Å². The standard InChI is InChI=1S/C12H10Cl2N2OS/c1-6-3-2-4-8-9(6)15-11(18-8)16-10(17)7-5-12(7,13)14/h2-4,7H,5H2,1H3,(H,15,16,17)/t7-/m1/s1. The number of hydrogen-bond donors (Lipinski definition) is 1. The van der Waals surface area contributed by atoms with E-state index >= 15 is 0 Å². The third-order valence-electron chi connectivity index (χ3n) is 2.99. The van der Waals surface area contributed by atoms with Crippen LogP contribution < -0.4 is 5.32 Å². The molecule has 94 valence electrons. The Hall–Kier alpha value is -0.840. The predicted molar refractivity (Wildman–Crippen MR) is 75.5 cm³/mol. The zero-order valence-corrected chi connectivity index (χ0v) is 11.9. The molecule has 0 bridgehead atoms. The molecule has 0 aliphatic heterocycles. The molecule has 1 amide bonds. The summed E-state index contributed by atoms with van der Waals surface area (Å²) in [6.07, 6.45) is 0.506. The fourth-order valence-electron chi connectivity index (χ4n) is 1.83. The number of carbonyl (C=O) groups is 1. The molecule has 1 aromatic heterocycles. The molecule has 1 heterocycles. The van der Waals surface area contributed by atoms with Crippen molar-refractivity contribution in [1.82, 2.24) is 4.98 Å². The van der Waals surface area contributed by atoms with E-state index in [1.807, 2.05) is 25.1 Å². The minimum Gasteiger partial charge on any atom is -0.302 e. The van der Waals surface area contributed by atoms with E-state index in [0.29, 0.717) is 11.6 Å². The van der Waals surface area contributed by atoms with Gasteiger partial charge in [-0.1, -0.05) is 23.5 Å². The fraction of sp³-hybridized carbons (Fsp3) is 0.333. The van der Waals surface area contributed by atoms with Crippen LogP contribution in [-0.2, 0) is 4.79 Å². The number of nitrogens with zero attached hydrogens (tertiary/aromatic N) is 1. The van der Waals surface area contributed by atoms with Crippen LogP contribution in [-0.4, -0.2) is 15.2 Å². The summed E-state index contributed by atoms with van der Waals surface area (Å²) in [6.45, 7) is 2.00. The van der Waals surface area contributed by atoms with Crippen LogP contribution in [0.1, 0.15) is 12.0 Å². The molecular formula is C12H10Cl2N2OS. The van der Waals surface area contributed by atoms with Crippen LogP contribution in [0.25, 0.3) is 10.2 Å². The van der Waals surface area contributed by atoms with E-state index in [1.165, 1.54) is 11.3 Å². The minimum atomic E-state index is -0.892. The normalized spacial score (nSPS) is 20.9. The summed E-state index contributed by atoms with van der Waals surface area (Å²) in [6, 6.07) is 5.96. The molecule has 2 aromatic rings. The maximum atomic E-state index is 11.8. The summed E-state index contributed by atoms with van der Waals surface area (Å²) in [4.78, 5) is 16.2. The summed E-state index contributed by atoms with van der Waals surface area (Å²) >= 11 is 13.2. The van der Waals surface area contributed by atoms with E-state index < -0.39 is 4.33 Å². The van der Waals surface area contributed by atoms with E-state index in [0.717, 1.165) is 15.8 Å². The van der Waals surface area contributed by atoms with Crippen LogP contribution in [0.5, 0.6) is 0 Å². The smallest absolute Gasteiger partial charge is 0.232 e. The Bertz CT molecular complexity index is 638. The molecule has 1 aliphatic carbocycles. The molecule has 0 radical (unpaired) electrons. The number of carbonyl (C=O) groups excluding carboxylic acids is 1. The quantitative estimate of drug-likeness (QED) is 0.859. The van der Waals surface area contributed by atoms with Crippen molar-refractivity contribution in [3.05, 3.63) is 23.8 Å². The summed E-state index contributed by atoms with van der Waals surface area (Å²) in [5, 5.41) is 3.37. The Kier molecular flexibility index (Phi) is 2.77. The van der Waals surface area contributed by atoms with Crippen molar-refractivity contribution >= 4 is 55.8 Å². The second-order valence-electron chi connectivity index (χ2n) is 4.45. The number of para-hydroxylation sites is 1. The van der Waals surface area contributed by atoms with Crippen molar-refractivity contribution in [1.29, 1.82) is 0 Å². The molecule has 0 unspecified atom stereocenters. The van der Waals surface area contributed by atoms with Crippen molar-refractivity contribution in [3.63, 3.8) is 0 Å². The number of nitrogens with one attached hydrogen (secondary N) is 1. The number of anilines is 1. The van der Waals surface area contributed by atoms with E-state index in [2.05, 4.69) is 10.3 Å². The number of aromatic nitrogens is 1. The summed E-state index contributed by atoms with van der Waals surface area (Å²) in [5.74, 6) is -0.481. The first-order valence-electron chi connectivity index (χ1n) is 5.52. The third kappa shape index (κ3) is 2.09. The topological polar surface area (TPSA) is 42.0 Å². The second-order valence-corrected chi connectivity index (χ2v) is 7.02. The van der Waals surface area contributed by atoms with Crippen molar-refractivity contribution in [2.24, 2.45) is 5.92 Å². The maximum absolute atomic E-state index is 11.8. The Morgan fingerprint density at radius 3 is 2.89 bits per heavy atom. The highest BCUT2D eigenvalue weighted by molar-refractivity contribution is 7.22. The van der Waals surface area contributed by atoms with E-state index in [-0.39, 0.29) is 11.8 Å². The number of halogens is 2. The van der Waals surface area contributed by atoms with Gasteiger partial charge < -0.3 is 5.32 Å². The van der Waals surface area contributed by atoms with Crippen LogP contribution in [0, 0.1) is 12.8 Å². The van der Waals surface area contributed by atoms with Gasteiger partial charge in [0.15, 0.2) is 5.13 Å². The largest absolute Gasteiger partial charge is 0.302 e. The Balaban J connectivity index is 1.83. The number of thiazole rings is 1.